The van der Waals surface area contributed by atoms with Crippen LogP contribution in [0.2, 0.25) is 0 Å². The van der Waals surface area contributed by atoms with E-state index in [0.29, 0.717) is 16.1 Å². The van der Waals surface area contributed by atoms with E-state index >= 15 is 0 Å². The van der Waals surface area contributed by atoms with E-state index in [0.717, 1.165) is 0 Å². The van der Waals surface area contributed by atoms with E-state index in [4.69, 9.17) is 11.0 Å². The van der Waals surface area contributed by atoms with Crippen molar-refractivity contribution in [1.29, 1.82) is 5.26 Å². The molecule has 0 aliphatic rings. The van der Waals surface area contributed by atoms with E-state index in [1.54, 1.807) is 18.2 Å². The van der Waals surface area contributed by atoms with Crippen molar-refractivity contribution in [3.05, 3.63) is 23.8 Å². The van der Waals surface area contributed by atoms with Crippen LogP contribution in [0.3, 0.4) is 0 Å². The number of rotatable bonds is 1. The van der Waals surface area contributed by atoms with Gasteiger partial charge in [-0.1, -0.05) is 0 Å². The van der Waals surface area contributed by atoms with Crippen LogP contribution in [0, 0.1) is 11.3 Å². The highest BCUT2D eigenvalue weighted by Crippen LogP contribution is 2.18. The molecule has 0 saturated carbocycles. The first-order valence-electron chi connectivity index (χ1n) is 3.28. The van der Waals surface area contributed by atoms with Crippen LogP contribution in [0.4, 0.5) is 5.69 Å². The van der Waals surface area contributed by atoms with Gasteiger partial charge in [0.1, 0.15) is 6.26 Å². The van der Waals surface area contributed by atoms with Crippen LogP contribution < -0.4 is 5.73 Å². The minimum atomic E-state index is -1.13. The molecule has 3 nitrogen and oxygen atoms in total. The van der Waals surface area contributed by atoms with Crippen molar-refractivity contribution in [2.24, 2.45) is 0 Å². The number of benzene rings is 1. The summed E-state index contributed by atoms with van der Waals surface area (Å²) in [5, 5.41) is 8.54. The van der Waals surface area contributed by atoms with Crippen molar-refractivity contribution >= 4 is 16.9 Å². The van der Waals surface area contributed by atoms with E-state index in [2.05, 4.69) is 0 Å². The van der Waals surface area contributed by atoms with Crippen LogP contribution in [0.15, 0.2) is 23.1 Å². The zero-order chi connectivity index (χ0) is 9.14. The van der Waals surface area contributed by atoms with Gasteiger partial charge >= 0.3 is 0 Å². The van der Waals surface area contributed by atoms with E-state index in [1.807, 2.05) is 6.07 Å². The molecule has 4 heteroatoms. The van der Waals surface area contributed by atoms with Crippen LogP contribution in [-0.4, -0.2) is 10.8 Å². The van der Waals surface area contributed by atoms with Crippen molar-refractivity contribution in [3.8, 4) is 6.07 Å². The summed E-state index contributed by atoms with van der Waals surface area (Å²) in [5.41, 5.74) is 6.49. The molecule has 0 aliphatic heterocycles. The summed E-state index contributed by atoms with van der Waals surface area (Å²) >= 11 is -1.13. The lowest BCUT2D eigenvalue weighted by atomic mass is 10.2. The number of nitrogens with zero attached hydrogens (tertiary/aromatic N) is 1. The van der Waals surface area contributed by atoms with Crippen LogP contribution in [0.5, 0.6) is 0 Å². The summed E-state index contributed by atoms with van der Waals surface area (Å²) < 4.78 is 11.1. The third kappa shape index (κ3) is 1.70. The quantitative estimate of drug-likeness (QED) is 0.515. The summed E-state index contributed by atoms with van der Waals surface area (Å²) in [6, 6.07) is 6.70. The molecule has 1 rings (SSSR count). The van der Waals surface area contributed by atoms with Crippen molar-refractivity contribution in [2.75, 3.05) is 12.0 Å². The Bertz CT molecular complexity index is 330. The second-order valence-corrected chi connectivity index (χ2v) is 3.67. The molecule has 0 fully saturated rings. The molecule has 62 valence electrons. The number of anilines is 1. The van der Waals surface area contributed by atoms with E-state index in [9.17, 15) is 4.55 Å². The van der Waals surface area contributed by atoms with Crippen LogP contribution in [0.1, 0.15) is 5.56 Å². The number of nitriles is 1. The second-order valence-electron chi connectivity index (χ2n) is 2.32. The highest BCUT2D eigenvalue weighted by molar-refractivity contribution is 7.90. The van der Waals surface area contributed by atoms with Gasteiger partial charge in [-0.05, 0) is 23.3 Å². The normalized spacial score (nSPS) is 12.1. The first-order chi connectivity index (χ1) is 5.65. The maximum absolute atomic E-state index is 11.1. The topological polar surface area (TPSA) is 72.9 Å². The average Bonchev–Trinajstić information content (AvgIpc) is 2.05. The summed E-state index contributed by atoms with van der Waals surface area (Å²) in [4.78, 5) is 0.522. The Morgan fingerprint density at radius 1 is 1.58 bits per heavy atom. The predicted molar refractivity (Wildman–Crippen MR) is 47.9 cm³/mol. The minimum absolute atomic E-state index is 0.467. The first kappa shape index (κ1) is 8.91. The van der Waals surface area contributed by atoms with E-state index in [1.165, 1.54) is 6.26 Å². The monoisotopic (exact) mass is 180 g/mol. The van der Waals surface area contributed by atoms with Gasteiger partial charge in [-0.25, -0.2) is 0 Å². The third-order valence-electron chi connectivity index (χ3n) is 1.45. The SMILES string of the molecule is C[S+]([O-])c1cc(C#N)ccc1N. The Balaban J connectivity index is 3.19. The molecule has 0 amide bonds. The lowest BCUT2D eigenvalue weighted by Gasteiger charge is -2.06. The molecule has 1 unspecified atom stereocenters. The molecular formula is C8H8N2OS. The third-order valence-corrected chi connectivity index (χ3v) is 2.43. The Morgan fingerprint density at radius 3 is 2.75 bits per heavy atom. The molecule has 0 aliphatic carbocycles. The molecule has 1 aromatic rings. The van der Waals surface area contributed by atoms with Crippen LogP contribution in [0.25, 0.3) is 0 Å². The summed E-state index contributed by atoms with van der Waals surface area (Å²) in [5.74, 6) is 0. The maximum Gasteiger partial charge on any atom is 0.176 e. The summed E-state index contributed by atoms with van der Waals surface area (Å²) in [6.45, 7) is 0. The predicted octanol–water partition coefficient (Wildman–Crippen LogP) is 0.878. The fourth-order valence-electron chi connectivity index (χ4n) is 0.853. The molecule has 0 radical (unpaired) electrons. The average molecular weight is 180 g/mol. The Labute approximate surface area is 74.0 Å². The molecule has 0 spiro atoms. The lowest BCUT2D eigenvalue weighted by Crippen LogP contribution is -2.02. The standard InChI is InChI=1S/C8H8N2OS/c1-12(11)8-4-6(5-9)2-3-7(8)10/h2-4H,10H2,1H3. The van der Waals surface area contributed by atoms with E-state index in [-0.39, 0.29) is 0 Å². The highest BCUT2D eigenvalue weighted by atomic mass is 32.2. The van der Waals surface area contributed by atoms with Crippen molar-refractivity contribution in [3.63, 3.8) is 0 Å². The van der Waals surface area contributed by atoms with Gasteiger partial charge in [-0.15, -0.1) is 0 Å². The fourth-order valence-corrected chi connectivity index (χ4v) is 1.55. The summed E-state index contributed by atoms with van der Waals surface area (Å²) in [7, 11) is 0. The van der Waals surface area contributed by atoms with Crippen molar-refractivity contribution in [2.45, 2.75) is 4.90 Å². The van der Waals surface area contributed by atoms with Gasteiger partial charge in [0.2, 0.25) is 0 Å². The molecule has 0 heterocycles. The second kappa shape index (κ2) is 3.48. The number of nitrogen functional groups attached to an aromatic ring is 1. The van der Waals surface area contributed by atoms with Gasteiger partial charge < -0.3 is 10.3 Å². The largest absolute Gasteiger partial charge is 0.612 e. The molecule has 12 heavy (non-hydrogen) atoms. The van der Waals surface area contributed by atoms with Gasteiger partial charge in [0.25, 0.3) is 0 Å². The molecule has 2 N–H and O–H groups in total. The van der Waals surface area contributed by atoms with E-state index < -0.39 is 11.2 Å². The molecule has 1 aromatic carbocycles. The maximum atomic E-state index is 11.1. The van der Waals surface area contributed by atoms with Crippen LogP contribution in [-0.2, 0) is 11.2 Å². The smallest absolute Gasteiger partial charge is 0.176 e. The van der Waals surface area contributed by atoms with Gasteiger partial charge in [-0.3, -0.25) is 0 Å². The fraction of sp³-hybridized carbons (Fsp3) is 0.125. The Hall–Kier alpha value is -1.18. The molecule has 0 bridgehead atoms. The van der Waals surface area contributed by atoms with Crippen molar-refractivity contribution in [1.82, 2.24) is 0 Å². The molecule has 1 atom stereocenters. The zero-order valence-corrected chi connectivity index (χ0v) is 7.39. The molecular weight excluding hydrogens is 172 g/mol. The highest BCUT2D eigenvalue weighted by Gasteiger charge is 2.09. The Morgan fingerprint density at radius 2 is 2.25 bits per heavy atom. The van der Waals surface area contributed by atoms with Crippen LogP contribution >= 0.6 is 0 Å². The number of nitrogens with two attached hydrogens (primary N) is 1. The minimum Gasteiger partial charge on any atom is -0.612 e. The number of hydrogen-bond acceptors (Lipinski definition) is 3. The Kier molecular flexibility index (Phi) is 2.58. The molecule has 0 aromatic heterocycles. The van der Waals surface area contributed by atoms with Gasteiger partial charge in [0, 0.05) is 6.07 Å². The van der Waals surface area contributed by atoms with Crippen molar-refractivity contribution < 1.29 is 4.55 Å². The number of hydrogen-bond donors (Lipinski definition) is 1. The lowest BCUT2D eigenvalue weighted by molar-refractivity contribution is 0.601. The van der Waals surface area contributed by atoms with Gasteiger partial charge in [0.15, 0.2) is 4.90 Å². The summed E-state index contributed by atoms with van der Waals surface area (Å²) in [6.07, 6.45) is 1.53. The van der Waals surface area contributed by atoms with Gasteiger partial charge in [0.05, 0.1) is 17.3 Å². The first-order valence-corrected chi connectivity index (χ1v) is 4.84. The molecule has 0 saturated heterocycles. The van der Waals surface area contributed by atoms with Gasteiger partial charge in [-0.2, -0.15) is 5.26 Å². The zero-order valence-electron chi connectivity index (χ0n) is 6.57.